The number of piperidine rings is 1. The number of nitrogen functional groups attached to an aromatic ring is 1. The second-order valence-corrected chi connectivity index (χ2v) is 5.44. The molecule has 22 heavy (non-hydrogen) atoms. The Kier molecular flexibility index (Phi) is 5.35. The van der Waals surface area contributed by atoms with Crippen LogP contribution < -0.4 is 21.7 Å². The molecule has 0 unspecified atom stereocenters. The second-order valence-electron chi connectivity index (χ2n) is 5.03. The van der Waals surface area contributed by atoms with Crippen molar-refractivity contribution in [2.45, 2.75) is 12.8 Å². The van der Waals surface area contributed by atoms with Crippen LogP contribution in [0.4, 0.5) is 11.4 Å². The lowest BCUT2D eigenvalue weighted by Crippen LogP contribution is -2.44. The minimum Gasteiger partial charge on any atom is -0.398 e. The number of hydrogen-bond donors (Lipinski definition) is 4. The summed E-state index contributed by atoms with van der Waals surface area (Å²) in [7, 11) is 0. The molecule has 8 heteroatoms. The van der Waals surface area contributed by atoms with Crippen molar-refractivity contribution in [3.05, 3.63) is 23.2 Å². The monoisotopic (exact) mass is 324 g/mol. The van der Waals surface area contributed by atoms with Crippen molar-refractivity contribution in [1.29, 1.82) is 0 Å². The zero-order valence-electron chi connectivity index (χ0n) is 11.8. The van der Waals surface area contributed by atoms with Gasteiger partial charge < -0.3 is 16.4 Å². The highest BCUT2D eigenvalue weighted by molar-refractivity contribution is 6.42. The first-order valence-corrected chi connectivity index (χ1v) is 7.27. The lowest BCUT2D eigenvalue weighted by atomic mass is 9.97. The van der Waals surface area contributed by atoms with E-state index in [0.29, 0.717) is 24.2 Å². The molecule has 7 nitrogen and oxygen atoms in total. The Hall–Kier alpha value is -2.12. The van der Waals surface area contributed by atoms with Gasteiger partial charge in [0.25, 0.3) is 0 Å². The van der Waals surface area contributed by atoms with Crippen molar-refractivity contribution in [2.24, 2.45) is 5.92 Å². The third kappa shape index (κ3) is 4.19. The van der Waals surface area contributed by atoms with Crippen LogP contribution in [0.2, 0.25) is 5.02 Å². The molecule has 1 heterocycles. The van der Waals surface area contributed by atoms with E-state index in [9.17, 15) is 14.4 Å². The van der Waals surface area contributed by atoms with E-state index in [1.54, 1.807) is 0 Å². The van der Waals surface area contributed by atoms with Gasteiger partial charge >= 0.3 is 11.8 Å². The van der Waals surface area contributed by atoms with Crippen molar-refractivity contribution in [3.63, 3.8) is 0 Å². The van der Waals surface area contributed by atoms with E-state index < -0.39 is 17.7 Å². The van der Waals surface area contributed by atoms with Gasteiger partial charge in [-0.05, 0) is 44.1 Å². The summed E-state index contributed by atoms with van der Waals surface area (Å²) in [6, 6.07) is 4.45. The number of rotatable bonds is 2. The molecule has 3 amide bonds. The Morgan fingerprint density at radius 2 is 1.86 bits per heavy atom. The normalized spacial score (nSPS) is 15.1. The molecule has 1 aromatic carbocycles. The van der Waals surface area contributed by atoms with E-state index in [-0.39, 0.29) is 10.9 Å². The molecule has 0 spiro atoms. The number of anilines is 2. The van der Waals surface area contributed by atoms with E-state index in [1.807, 2.05) is 0 Å². The maximum atomic E-state index is 11.9. The average molecular weight is 325 g/mol. The Morgan fingerprint density at radius 1 is 1.18 bits per heavy atom. The number of amides is 3. The maximum Gasteiger partial charge on any atom is 0.316 e. The lowest BCUT2D eigenvalue weighted by molar-refractivity contribution is -0.141. The molecule has 0 atom stereocenters. The zero-order valence-corrected chi connectivity index (χ0v) is 12.6. The maximum absolute atomic E-state index is 11.9. The predicted molar refractivity (Wildman–Crippen MR) is 83.2 cm³/mol. The average Bonchev–Trinajstić information content (AvgIpc) is 2.51. The molecule has 0 radical (unpaired) electrons. The summed E-state index contributed by atoms with van der Waals surface area (Å²) in [5.41, 5.74) is 6.25. The molecule has 0 aromatic heterocycles. The van der Waals surface area contributed by atoms with Crippen molar-refractivity contribution in [1.82, 2.24) is 10.6 Å². The summed E-state index contributed by atoms with van der Waals surface area (Å²) in [4.78, 5) is 35.4. The van der Waals surface area contributed by atoms with Gasteiger partial charge in [0, 0.05) is 11.6 Å². The highest BCUT2D eigenvalue weighted by Crippen LogP contribution is 2.22. The third-order valence-corrected chi connectivity index (χ3v) is 3.74. The molecule has 2 rings (SSSR count). The van der Waals surface area contributed by atoms with E-state index in [4.69, 9.17) is 17.3 Å². The first kappa shape index (κ1) is 16.3. The molecular formula is C14H17ClN4O3. The summed E-state index contributed by atoms with van der Waals surface area (Å²) >= 11 is 5.83. The summed E-state index contributed by atoms with van der Waals surface area (Å²) in [5.74, 6) is -2.58. The number of nitrogens with one attached hydrogen (secondary N) is 3. The first-order valence-electron chi connectivity index (χ1n) is 6.89. The van der Waals surface area contributed by atoms with Gasteiger partial charge in [0.15, 0.2) is 0 Å². The van der Waals surface area contributed by atoms with Gasteiger partial charge in [0.05, 0.1) is 10.7 Å². The molecular weight excluding hydrogens is 308 g/mol. The van der Waals surface area contributed by atoms with Crippen molar-refractivity contribution in [2.75, 3.05) is 24.1 Å². The van der Waals surface area contributed by atoms with Crippen molar-refractivity contribution >= 4 is 40.7 Å². The van der Waals surface area contributed by atoms with Crippen molar-refractivity contribution in [3.8, 4) is 0 Å². The largest absolute Gasteiger partial charge is 0.398 e. The number of carbonyl (C=O) groups excluding carboxylic acids is 3. The van der Waals surface area contributed by atoms with Crippen LogP contribution in [0.1, 0.15) is 12.8 Å². The fourth-order valence-electron chi connectivity index (χ4n) is 2.15. The SMILES string of the molecule is Nc1ccc(NC(=O)C(=O)NC(=O)C2CCNCC2)cc1Cl. The van der Waals surface area contributed by atoms with Crippen LogP contribution >= 0.6 is 11.6 Å². The van der Waals surface area contributed by atoms with Gasteiger partial charge in [-0.1, -0.05) is 11.6 Å². The van der Waals surface area contributed by atoms with Gasteiger partial charge in [-0.3, -0.25) is 19.7 Å². The number of imide groups is 1. The van der Waals surface area contributed by atoms with Crippen LogP contribution in [-0.4, -0.2) is 30.8 Å². The standard InChI is InChI=1S/C14H17ClN4O3/c15-10-7-9(1-2-11(10)16)18-13(21)14(22)19-12(20)8-3-5-17-6-4-8/h1-2,7-8,17H,3-6,16H2,(H,18,21)(H,19,20,22). The number of nitrogens with two attached hydrogens (primary N) is 1. The van der Waals surface area contributed by atoms with Crippen LogP contribution in [0.3, 0.4) is 0 Å². The topological polar surface area (TPSA) is 113 Å². The predicted octanol–water partition coefficient (Wildman–Crippen LogP) is 0.503. The lowest BCUT2D eigenvalue weighted by Gasteiger charge is -2.21. The van der Waals surface area contributed by atoms with Gasteiger partial charge in [-0.25, -0.2) is 0 Å². The number of carbonyl (C=O) groups is 3. The number of benzene rings is 1. The Morgan fingerprint density at radius 3 is 2.50 bits per heavy atom. The Bertz CT molecular complexity index is 600. The fraction of sp³-hybridized carbons (Fsp3) is 0.357. The summed E-state index contributed by atoms with van der Waals surface area (Å²) < 4.78 is 0. The van der Waals surface area contributed by atoms with E-state index in [1.165, 1.54) is 18.2 Å². The molecule has 1 aromatic rings. The van der Waals surface area contributed by atoms with Crippen molar-refractivity contribution < 1.29 is 14.4 Å². The van der Waals surface area contributed by atoms with Crippen LogP contribution in [0, 0.1) is 5.92 Å². The quantitative estimate of drug-likeness (QED) is 0.467. The minimum atomic E-state index is -0.989. The summed E-state index contributed by atoms with van der Waals surface area (Å²) in [5, 5.41) is 7.87. The Labute approximate surface area is 132 Å². The highest BCUT2D eigenvalue weighted by atomic mass is 35.5. The van der Waals surface area contributed by atoms with Crippen LogP contribution in [-0.2, 0) is 14.4 Å². The zero-order chi connectivity index (χ0) is 16.1. The van der Waals surface area contributed by atoms with Gasteiger partial charge in [-0.2, -0.15) is 0 Å². The molecule has 0 saturated carbocycles. The molecule has 1 aliphatic heterocycles. The van der Waals surface area contributed by atoms with Crippen LogP contribution in [0.25, 0.3) is 0 Å². The van der Waals surface area contributed by atoms with E-state index in [2.05, 4.69) is 16.0 Å². The third-order valence-electron chi connectivity index (χ3n) is 3.41. The second kappa shape index (κ2) is 7.24. The molecule has 0 bridgehead atoms. The molecule has 1 aliphatic rings. The molecule has 1 saturated heterocycles. The van der Waals surface area contributed by atoms with Crippen LogP contribution in [0.5, 0.6) is 0 Å². The Balaban J connectivity index is 1.89. The van der Waals surface area contributed by atoms with E-state index >= 15 is 0 Å². The minimum absolute atomic E-state index is 0.246. The van der Waals surface area contributed by atoms with Crippen LogP contribution in [0.15, 0.2) is 18.2 Å². The van der Waals surface area contributed by atoms with Gasteiger partial charge in [0.2, 0.25) is 5.91 Å². The van der Waals surface area contributed by atoms with Gasteiger partial charge in [0.1, 0.15) is 0 Å². The molecule has 1 fully saturated rings. The van der Waals surface area contributed by atoms with Gasteiger partial charge in [-0.15, -0.1) is 0 Å². The molecule has 5 N–H and O–H groups in total. The molecule has 0 aliphatic carbocycles. The smallest absolute Gasteiger partial charge is 0.316 e. The van der Waals surface area contributed by atoms with E-state index in [0.717, 1.165) is 13.1 Å². The fourth-order valence-corrected chi connectivity index (χ4v) is 2.33. The summed E-state index contributed by atoms with van der Waals surface area (Å²) in [6.45, 7) is 1.45. The highest BCUT2D eigenvalue weighted by Gasteiger charge is 2.25. The number of hydrogen-bond acceptors (Lipinski definition) is 5. The first-order chi connectivity index (χ1) is 10.5. The summed E-state index contributed by atoms with van der Waals surface area (Å²) in [6.07, 6.45) is 1.29. The number of halogens is 1. The molecule has 118 valence electrons.